The second-order valence-corrected chi connectivity index (χ2v) is 20.6. The summed E-state index contributed by atoms with van der Waals surface area (Å²) in [5.74, 6) is 0.920. The molecule has 4 aromatic heterocycles. The normalized spacial score (nSPS) is 21.0. The lowest BCUT2D eigenvalue weighted by Gasteiger charge is -2.42. The highest BCUT2D eigenvalue weighted by atomic mass is 32.1. The third kappa shape index (κ3) is 10.4. The van der Waals surface area contributed by atoms with Crippen molar-refractivity contribution in [2.45, 2.75) is 102 Å². The number of aryl methyl sites for hydroxylation is 1. The van der Waals surface area contributed by atoms with E-state index < -0.39 is 18.1 Å². The Morgan fingerprint density at radius 3 is 2.41 bits per heavy atom. The van der Waals surface area contributed by atoms with Crippen LogP contribution in [0.2, 0.25) is 0 Å². The van der Waals surface area contributed by atoms with E-state index in [9.17, 15) is 19.8 Å². The summed E-state index contributed by atoms with van der Waals surface area (Å²) in [6.07, 6.45) is 8.31. The zero-order valence-corrected chi connectivity index (χ0v) is 41.2. The van der Waals surface area contributed by atoms with Crippen molar-refractivity contribution >= 4 is 40.6 Å². The summed E-state index contributed by atoms with van der Waals surface area (Å²) < 4.78 is 11.7. The maximum atomic E-state index is 14.1. The van der Waals surface area contributed by atoms with Crippen LogP contribution in [0.4, 0.5) is 17.5 Å². The first-order valence-corrected chi connectivity index (χ1v) is 25.7. The number of β-amino-alcohol motifs (C(OH)–C–C–N with tert-alkyl or cyclic N) is 1. The predicted molar refractivity (Wildman–Crippen MR) is 270 cm³/mol. The van der Waals surface area contributed by atoms with Gasteiger partial charge in [0, 0.05) is 75.3 Å². The van der Waals surface area contributed by atoms with Crippen LogP contribution in [-0.4, -0.2) is 132 Å². The fraction of sp³-hybridized carbons (Fsp3) is 0.462. The molecule has 5 N–H and O–H groups in total. The van der Waals surface area contributed by atoms with Gasteiger partial charge in [-0.05, 0) is 104 Å². The summed E-state index contributed by atoms with van der Waals surface area (Å²) in [7, 11) is 0. The molecule has 0 spiro atoms. The van der Waals surface area contributed by atoms with E-state index in [4.69, 9.17) is 25.0 Å². The Bertz CT molecular complexity index is 2780. The van der Waals surface area contributed by atoms with Gasteiger partial charge in [0.05, 0.1) is 40.2 Å². The molecular weight excluding hydrogens is 921 g/mol. The summed E-state index contributed by atoms with van der Waals surface area (Å²) in [6.45, 7) is 11.0. The first kappa shape index (κ1) is 48.0. The highest BCUT2D eigenvalue weighted by Crippen LogP contribution is 2.39. The molecule has 18 nitrogen and oxygen atoms in total. The topological polar surface area (TPSA) is 225 Å². The fourth-order valence-corrected chi connectivity index (χ4v) is 11.7. The number of phenolic OH excluding ortho intramolecular Hbond substituents is 1. The first-order valence-electron chi connectivity index (χ1n) is 24.8. The third-order valence-corrected chi connectivity index (χ3v) is 15.6. The smallest absolute Gasteiger partial charge is 0.254 e. The number of amides is 2. The number of para-hydroxylation sites is 1. The fourth-order valence-electron chi connectivity index (χ4n) is 10.9. The SMILES string of the molecule is Cc1ncsc1-c1ccc(CNC(=O)[C@@H]2C[C@@H](O)CN2C(=O)[C@@H](c2cc(OCCCN3CCC(c4cnc(N5C6CCC5CN(c5cc(-c7ccccc7O)nnc5N)C6)nc4)CC3)no2)C(C)C)cc1. The Kier molecular flexibility index (Phi) is 14.1. The molecule has 2 aromatic carbocycles. The van der Waals surface area contributed by atoms with Gasteiger partial charge in [0.25, 0.3) is 5.88 Å². The summed E-state index contributed by atoms with van der Waals surface area (Å²) in [5, 5.41) is 36.7. The molecule has 71 heavy (non-hydrogen) atoms. The molecule has 2 unspecified atom stereocenters. The number of phenols is 1. The lowest BCUT2D eigenvalue weighted by Crippen LogP contribution is -2.54. The number of nitrogens with zero attached hydrogens (tertiary/aromatic N) is 10. The van der Waals surface area contributed by atoms with E-state index in [0.29, 0.717) is 47.8 Å². The van der Waals surface area contributed by atoms with Gasteiger partial charge in [-0.2, -0.15) is 0 Å². The number of carbonyl (C=O) groups is 2. The highest BCUT2D eigenvalue weighted by Gasteiger charge is 2.44. The molecular formula is C52H62N12O6S. The van der Waals surface area contributed by atoms with Gasteiger partial charge in [-0.25, -0.2) is 15.0 Å². The molecule has 10 rings (SSSR count). The molecule has 19 heteroatoms. The van der Waals surface area contributed by atoms with E-state index >= 15 is 0 Å². The molecule has 2 amide bonds. The number of piperazine rings is 1. The number of fused-ring (bicyclic) bond motifs is 2. The van der Waals surface area contributed by atoms with Gasteiger partial charge in [-0.3, -0.25) is 9.59 Å². The van der Waals surface area contributed by atoms with Crippen molar-refractivity contribution in [1.29, 1.82) is 0 Å². The van der Waals surface area contributed by atoms with E-state index in [1.165, 1.54) is 10.5 Å². The lowest BCUT2D eigenvalue weighted by atomic mass is 9.91. The summed E-state index contributed by atoms with van der Waals surface area (Å²) in [5.41, 5.74) is 14.4. The molecule has 4 aliphatic rings. The lowest BCUT2D eigenvalue weighted by molar-refractivity contribution is -0.141. The molecule has 4 saturated heterocycles. The molecule has 4 fully saturated rings. The average molecular weight is 983 g/mol. The molecule has 6 aromatic rings. The van der Waals surface area contributed by atoms with Gasteiger partial charge >= 0.3 is 0 Å². The minimum Gasteiger partial charge on any atom is -0.507 e. The number of ether oxygens (including phenoxy) is 1. The number of hydrogen-bond donors (Lipinski definition) is 4. The Morgan fingerprint density at radius 1 is 0.958 bits per heavy atom. The summed E-state index contributed by atoms with van der Waals surface area (Å²) >= 11 is 1.59. The van der Waals surface area contributed by atoms with E-state index in [1.807, 2.05) is 81.1 Å². The molecule has 0 saturated carbocycles. The van der Waals surface area contributed by atoms with Crippen molar-refractivity contribution in [3.8, 4) is 33.3 Å². The van der Waals surface area contributed by atoms with Crippen molar-refractivity contribution in [3.63, 3.8) is 0 Å². The Balaban J connectivity index is 0.666. The van der Waals surface area contributed by atoms with Crippen molar-refractivity contribution in [3.05, 3.63) is 101 Å². The Morgan fingerprint density at radius 2 is 1.70 bits per heavy atom. The number of aliphatic hydroxyl groups is 1. The van der Waals surface area contributed by atoms with E-state index in [-0.39, 0.29) is 48.5 Å². The van der Waals surface area contributed by atoms with E-state index in [0.717, 1.165) is 98.2 Å². The van der Waals surface area contributed by atoms with Crippen LogP contribution in [-0.2, 0) is 16.1 Å². The number of aliphatic hydroxyl groups excluding tert-OH is 1. The minimum atomic E-state index is -0.813. The minimum absolute atomic E-state index is 0.0620. The van der Waals surface area contributed by atoms with Gasteiger partial charge in [0.2, 0.25) is 17.8 Å². The third-order valence-electron chi connectivity index (χ3n) is 14.7. The van der Waals surface area contributed by atoms with Crippen molar-refractivity contribution in [2.75, 3.05) is 61.4 Å². The number of piperidine rings is 1. The van der Waals surface area contributed by atoms with Gasteiger partial charge in [0.15, 0.2) is 11.6 Å². The van der Waals surface area contributed by atoms with Gasteiger partial charge in [0.1, 0.15) is 17.7 Å². The molecule has 8 heterocycles. The zero-order valence-electron chi connectivity index (χ0n) is 40.4. The van der Waals surface area contributed by atoms with Crippen LogP contribution in [0.5, 0.6) is 11.6 Å². The second-order valence-electron chi connectivity index (χ2n) is 19.7. The maximum Gasteiger partial charge on any atom is 0.254 e. The number of nitrogens with one attached hydrogen (secondary N) is 1. The van der Waals surface area contributed by atoms with Crippen LogP contribution in [0.15, 0.2) is 83.1 Å². The number of aromatic hydroxyl groups is 1. The Hall–Kier alpha value is -6.70. The number of nitrogens with two attached hydrogens (primary N) is 1. The summed E-state index contributed by atoms with van der Waals surface area (Å²) in [6, 6.07) is 18.4. The number of likely N-dealkylation sites (tertiary alicyclic amines) is 2. The van der Waals surface area contributed by atoms with Crippen LogP contribution in [0.1, 0.15) is 86.8 Å². The number of aromatic nitrogens is 6. The number of benzene rings is 2. The van der Waals surface area contributed by atoms with Gasteiger partial charge < -0.3 is 50.1 Å². The van der Waals surface area contributed by atoms with E-state index in [2.05, 4.69) is 40.4 Å². The molecule has 0 radical (unpaired) electrons. The van der Waals surface area contributed by atoms with Crippen molar-refractivity contribution < 1.29 is 29.1 Å². The number of hydrogen-bond acceptors (Lipinski definition) is 17. The largest absolute Gasteiger partial charge is 0.507 e. The van der Waals surface area contributed by atoms with Crippen LogP contribution in [0.25, 0.3) is 21.7 Å². The quantitative estimate of drug-likeness (QED) is 0.0796. The first-order chi connectivity index (χ1) is 34.5. The maximum absolute atomic E-state index is 14.1. The molecule has 5 atom stereocenters. The number of rotatable bonds is 16. The molecule has 4 aliphatic heterocycles. The predicted octanol–water partition coefficient (Wildman–Crippen LogP) is 6.17. The van der Waals surface area contributed by atoms with Crippen LogP contribution in [0.3, 0.4) is 0 Å². The van der Waals surface area contributed by atoms with Gasteiger partial charge in [-0.1, -0.05) is 50.2 Å². The average Bonchev–Trinajstić information content (AvgIpc) is 4.18. The number of anilines is 3. The zero-order chi connectivity index (χ0) is 49.2. The van der Waals surface area contributed by atoms with Crippen LogP contribution >= 0.6 is 11.3 Å². The number of carbonyl (C=O) groups excluding carboxylic acids is 2. The van der Waals surface area contributed by atoms with Crippen LogP contribution < -0.4 is 25.6 Å². The standard InChI is InChI=1S/C52H62N12O6S/c1-31(2)47(51(68)63-29-39(65)21-43(63)50(67)54-24-33-9-11-35(12-10-33)48-32(3)57-30-71-48)45-23-46(60-70-45)69-20-6-17-61-18-15-34(16-19-61)36-25-55-52(56-26-36)64-37-13-14-38(64)28-62(27-37)42-22-41(58-59-49(42)53)40-7-4-5-8-44(40)66/h4-5,7-12,22-23,25-26,30-31,34,37-39,43,47,65-66H,6,13-21,24,27-29H2,1-3H3,(H2,53,59)(H,54,67)/t37?,38?,39-,43+,47-/m1/s1. The number of thiazole rings is 1. The van der Waals surface area contributed by atoms with Gasteiger partial charge in [-0.15, -0.1) is 21.5 Å². The van der Waals surface area contributed by atoms with Crippen LogP contribution in [0, 0.1) is 12.8 Å². The second kappa shape index (κ2) is 20.9. The highest BCUT2D eigenvalue weighted by molar-refractivity contribution is 7.13. The van der Waals surface area contributed by atoms with E-state index in [1.54, 1.807) is 29.5 Å². The molecule has 372 valence electrons. The Labute approximate surface area is 417 Å². The number of nitrogen functional groups attached to an aromatic ring is 1. The monoisotopic (exact) mass is 982 g/mol. The molecule has 0 aliphatic carbocycles. The summed E-state index contributed by atoms with van der Waals surface area (Å²) in [4.78, 5) is 51.6. The van der Waals surface area contributed by atoms with Crippen molar-refractivity contribution in [2.24, 2.45) is 5.92 Å². The molecule has 2 bridgehead atoms. The van der Waals surface area contributed by atoms with Crippen molar-refractivity contribution in [1.82, 2.24) is 45.4 Å².